The number of nitrogen functional groups attached to an aromatic ring is 1. The van der Waals surface area contributed by atoms with E-state index in [4.69, 9.17) is 16.2 Å². The van der Waals surface area contributed by atoms with Crippen molar-refractivity contribution in [3.05, 3.63) is 29.8 Å². The van der Waals surface area contributed by atoms with Gasteiger partial charge in [-0.15, -0.1) is 12.4 Å². The number of rotatable bonds is 5. The van der Waals surface area contributed by atoms with E-state index >= 15 is 0 Å². The Bertz CT molecular complexity index is 762. The van der Waals surface area contributed by atoms with Crippen LogP contribution in [0, 0.1) is 5.41 Å². The number of halogens is 1. The number of amidine groups is 1. The van der Waals surface area contributed by atoms with Crippen molar-refractivity contribution in [3.63, 3.8) is 0 Å². The Morgan fingerprint density at radius 3 is 2.21 bits per heavy atom. The van der Waals surface area contributed by atoms with Crippen molar-refractivity contribution in [2.24, 2.45) is 5.73 Å². The van der Waals surface area contributed by atoms with E-state index in [0.29, 0.717) is 50.3 Å². The maximum absolute atomic E-state index is 12.6. The number of piperidine rings is 1. The highest BCUT2D eigenvalue weighted by molar-refractivity contribution is 6.41. The van der Waals surface area contributed by atoms with Crippen molar-refractivity contribution in [2.45, 2.75) is 18.9 Å². The summed E-state index contributed by atoms with van der Waals surface area (Å²) in [6.07, 6.45) is 1.33. The standard InChI is InChI=1S/C18H23N5O4.ClH/c19-16(20)12-1-3-13(4-2-12)22-9-10-23(18(27)17(22)26)14-5-7-21(8-6-14)11-15(24)25;/h1-4,14H,5-11H2,(H3,19,20)(H,24,25);1H. The number of carbonyl (C=O) groups is 3. The Labute approximate surface area is 169 Å². The number of carboxylic acid groups (broad SMARTS) is 1. The molecule has 0 aliphatic carbocycles. The third-order valence-corrected chi connectivity index (χ3v) is 5.10. The van der Waals surface area contributed by atoms with Gasteiger partial charge in [0.2, 0.25) is 0 Å². The number of nitrogens with two attached hydrogens (primary N) is 1. The molecule has 0 bridgehead atoms. The Morgan fingerprint density at radius 2 is 1.68 bits per heavy atom. The van der Waals surface area contributed by atoms with Gasteiger partial charge in [-0.1, -0.05) is 0 Å². The quantitative estimate of drug-likeness (QED) is 0.359. The van der Waals surface area contributed by atoms with E-state index < -0.39 is 17.8 Å². The van der Waals surface area contributed by atoms with Crippen LogP contribution in [0.5, 0.6) is 0 Å². The largest absolute Gasteiger partial charge is 0.480 e. The highest BCUT2D eigenvalue weighted by Gasteiger charge is 2.38. The molecule has 0 saturated carbocycles. The molecule has 28 heavy (non-hydrogen) atoms. The number of anilines is 1. The molecular formula is C18H24ClN5O4. The van der Waals surface area contributed by atoms with E-state index in [0.717, 1.165) is 0 Å². The molecule has 2 saturated heterocycles. The highest BCUT2D eigenvalue weighted by atomic mass is 35.5. The van der Waals surface area contributed by atoms with Crippen LogP contribution in [0.1, 0.15) is 18.4 Å². The Kier molecular flexibility index (Phi) is 6.98. The lowest BCUT2D eigenvalue weighted by Gasteiger charge is -2.41. The molecule has 1 aromatic carbocycles. The van der Waals surface area contributed by atoms with Crippen LogP contribution in [-0.4, -0.2) is 77.3 Å². The second-order valence-corrected chi connectivity index (χ2v) is 6.82. The summed E-state index contributed by atoms with van der Waals surface area (Å²) in [7, 11) is 0. The molecule has 3 rings (SSSR count). The van der Waals surface area contributed by atoms with E-state index in [9.17, 15) is 14.4 Å². The van der Waals surface area contributed by atoms with E-state index in [1.54, 1.807) is 29.2 Å². The van der Waals surface area contributed by atoms with Gasteiger partial charge in [-0.3, -0.25) is 24.7 Å². The van der Waals surface area contributed by atoms with Gasteiger partial charge in [-0.05, 0) is 37.1 Å². The van der Waals surface area contributed by atoms with Crippen LogP contribution in [0.4, 0.5) is 5.69 Å². The van der Waals surface area contributed by atoms with Crippen molar-refractivity contribution in [2.75, 3.05) is 37.6 Å². The number of hydrogen-bond acceptors (Lipinski definition) is 5. The highest BCUT2D eigenvalue weighted by Crippen LogP contribution is 2.23. The summed E-state index contributed by atoms with van der Waals surface area (Å²) in [5, 5.41) is 16.3. The molecule has 2 amide bonds. The SMILES string of the molecule is Cl.N=C(N)c1ccc(N2CCN(C3CCN(CC(=O)O)CC3)C(=O)C2=O)cc1. The van der Waals surface area contributed by atoms with Crippen LogP contribution in [0.15, 0.2) is 24.3 Å². The number of hydrogen-bond donors (Lipinski definition) is 3. The van der Waals surface area contributed by atoms with E-state index in [1.165, 1.54) is 4.90 Å². The molecule has 10 heteroatoms. The summed E-state index contributed by atoms with van der Waals surface area (Å²) in [5.74, 6) is -1.99. The lowest BCUT2D eigenvalue weighted by Crippen LogP contribution is -2.59. The third-order valence-electron chi connectivity index (χ3n) is 5.10. The molecule has 2 aliphatic heterocycles. The van der Waals surface area contributed by atoms with Crippen LogP contribution >= 0.6 is 12.4 Å². The smallest absolute Gasteiger partial charge is 0.317 e. The van der Waals surface area contributed by atoms with Crippen molar-refractivity contribution in [3.8, 4) is 0 Å². The summed E-state index contributed by atoms with van der Waals surface area (Å²) >= 11 is 0. The molecule has 152 valence electrons. The molecule has 0 unspecified atom stereocenters. The van der Waals surface area contributed by atoms with E-state index in [2.05, 4.69) is 0 Å². The molecule has 4 N–H and O–H groups in total. The fraction of sp³-hybridized carbons (Fsp3) is 0.444. The molecule has 2 heterocycles. The number of amides is 2. The van der Waals surface area contributed by atoms with Gasteiger partial charge in [0.15, 0.2) is 0 Å². The zero-order valence-corrected chi connectivity index (χ0v) is 16.2. The summed E-state index contributed by atoms with van der Waals surface area (Å²) in [4.78, 5) is 40.9. The number of nitrogens with one attached hydrogen (secondary N) is 1. The fourth-order valence-corrected chi connectivity index (χ4v) is 3.65. The number of benzene rings is 1. The van der Waals surface area contributed by atoms with Gasteiger partial charge in [-0.25, -0.2) is 0 Å². The molecular weight excluding hydrogens is 386 g/mol. The van der Waals surface area contributed by atoms with Gasteiger partial charge in [0.1, 0.15) is 5.84 Å². The molecule has 0 atom stereocenters. The predicted molar refractivity (Wildman–Crippen MR) is 106 cm³/mol. The maximum atomic E-state index is 12.6. The molecule has 0 spiro atoms. The molecule has 2 fully saturated rings. The summed E-state index contributed by atoms with van der Waals surface area (Å²) in [6.45, 7) is 2.06. The second-order valence-electron chi connectivity index (χ2n) is 6.82. The first-order valence-corrected chi connectivity index (χ1v) is 8.88. The topological polar surface area (TPSA) is 131 Å². The maximum Gasteiger partial charge on any atom is 0.317 e. The van der Waals surface area contributed by atoms with Crippen molar-refractivity contribution in [1.82, 2.24) is 9.80 Å². The minimum atomic E-state index is -0.857. The number of piperazine rings is 1. The zero-order valence-electron chi connectivity index (χ0n) is 15.3. The first kappa shape index (κ1) is 21.6. The lowest BCUT2D eigenvalue weighted by atomic mass is 10.0. The van der Waals surface area contributed by atoms with Crippen LogP contribution in [-0.2, 0) is 14.4 Å². The Hall–Kier alpha value is -2.65. The van der Waals surface area contributed by atoms with Crippen LogP contribution in [0.2, 0.25) is 0 Å². The number of carboxylic acids is 1. The zero-order chi connectivity index (χ0) is 19.6. The first-order valence-electron chi connectivity index (χ1n) is 8.88. The van der Waals surface area contributed by atoms with E-state index in [1.807, 2.05) is 4.90 Å². The van der Waals surface area contributed by atoms with Crippen LogP contribution < -0.4 is 10.6 Å². The lowest BCUT2D eigenvalue weighted by molar-refractivity contribution is -0.149. The minimum Gasteiger partial charge on any atom is -0.480 e. The average molecular weight is 410 g/mol. The molecule has 0 aromatic heterocycles. The number of nitrogens with zero attached hydrogens (tertiary/aromatic N) is 3. The van der Waals surface area contributed by atoms with E-state index in [-0.39, 0.29) is 30.8 Å². The normalized spacial score (nSPS) is 18.7. The number of aliphatic carboxylic acids is 1. The van der Waals surface area contributed by atoms with Crippen LogP contribution in [0.3, 0.4) is 0 Å². The Morgan fingerprint density at radius 1 is 1.07 bits per heavy atom. The second kappa shape index (κ2) is 9.03. The molecule has 1 aromatic rings. The molecule has 0 radical (unpaired) electrons. The van der Waals surface area contributed by atoms with Crippen molar-refractivity contribution < 1.29 is 19.5 Å². The van der Waals surface area contributed by atoms with Crippen LogP contribution in [0.25, 0.3) is 0 Å². The van der Waals surface area contributed by atoms with Crippen molar-refractivity contribution >= 4 is 41.7 Å². The van der Waals surface area contributed by atoms with Gasteiger partial charge < -0.3 is 20.6 Å². The summed E-state index contributed by atoms with van der Waals surface area (Å²) in [5.41, 5.74) is 6.60. The summed E-state index contributed by atoms with van der Waals surface area (Å²) in [6, 6.07) is 6.64. The number of carbonyl (C=O) groups excluding carboxylic acids is 2. The first-order chi connectivity index (χ1) is 12.9. The third kappa shape index (κ3) is 4.60. The number of likely N-dealkylation sites (tertiary alicyclic amines) is 1. The van der Waals surface area contributed by atoms with Gasteiger partial charge in [0.25, 0.3) is 0 Å². The fourth-order valence-electron chi connectivity index (χ4n) is 3.65. The monoisotopic (exact) mass is 409 g/mol. The van der Waals surface area contributed by atoms with Gasteiger partial charge in [0.05, 0.1) is 6.54 Å². The molecule has 2 aliphatic rings. The predicted octanol–water partition coefficient (Wildman–Crippen LogP) is 0.117. The molecule has 9 nitrogen and oxygen atoms in total. The van der Waals surface area contributed by atoms with Gasteiger partial charge >= 0.3 is 17.8 Å². The average Bonchev–Trinajstić information content (AvgIpc) is 2.64. The summed E-state index contributed by atoms with van der Waals surface area (Å²) < 4.78 is 0. The van der Waals surface area contributed by atoms with Crippen molar-refractivity contribution in [1.29, 1.82) is 5.41 Å². The minimum absolute atomic E-state index is 0. The van der Waals surface area contributed by atoms with Gasteiger partial charge in [-0.2, -0.15) is 0 Å². The Balaban J connectivity index is 0.00000280. The van der Waals surface area contributed by atoms with Gasteiger partial charge in [0, 0.05) is 43.5 Å².